The third-order valence-electron chi connectivity index (χ3n) is 9.96. The molecule has 5 aromatic rings. The minimum Gasteiger partial charge on any atom is -0.493 e. The Bertz CT molecular complexity index is 1960. The van der Waals surface area contributed by atoms with Crippen molar-refractivity contribution in [2.24, 2.45) is 5.92 Å². The number of aromatic nitrogens is 6. The number of benzene rings is 3. The van der Waals surface area contributed by atoms with Crippen molar-refractivity contribution in [2.45, 2.75) is 51.0 Å². The molecule has 2 aromatic heterocycles. The molecule has 0 aliphatic carbocycles. The molecule has 268 valence electrons. The van der Waals surface area contributed by atoms with Crippen LogP contribution in [0.15, 0.2) is 90.5 Å². The molecule has 14 heteroatoms. The molecule has 3 aromatic carbocycles. The Kier molecular flexibility index (Phi) is 9.87. The summed E-state index contributed by atoms with van der Waals surface area (Å²) in [6, 6.07) is 19.2. The average molecular weight is 701 g/mol. The summed E-state index contributed by atoms with van der Waals surface area (Å²) in [5, 5.41) is 18.5. The van der Waals surface area contributed by atoms with Crippen molar-refractivity contribution in [3.8, 4) is 11.4 Å². The van der Waals surface area contributed by atoms with Gasteiger partial charge in [0.2, 0.25) is 0 Å². The van der Waals surface area contributed by atoms with E-state index in [0.717, 1.165) is 55.1 Å². The molecule has 2 saturated heterocycles. The van der Waals surface area contributed by atoms with Gasteiger partial charge in [-0.1, -0.05) is 13.0 Å². The van der Waals surface area contributed by atoms with Crippen molar-refractivity contribution in [3.63, 3.8) is 0 Å². The molecule has 0 saturated carbocycles. The number of anilines is 2. The summed E-state index contributed by atoms with van der Waals surface area (Å²) in [6.45, 7) is 7.97. The highest BCUT2D eigenvalue weighted by Crippen LogP contribution is 2.42. The summed E-state index contributed by atoms with van der Waals surface area (Å²) >= 11 is 0. The van der Waals surface area contributed by atoms with Crippen LogP contribution in [0.2, 0.25) is 0 Å². The highest BCUT2D eigenvalue weighted by Gasteiger charge is 2.44. The van der Waals surface area contributed by atoms with Crippen molar-refractivity contribution >= 4 is 11.4 Å². The maximum Gasteiger partial charge on any atom is 0.350 e. The Labute approximate surface area is 294 Å². The average Bonchev–Trinajstić information content (AvgIpc) is 3.90. The molecule has 1 unspecified atom stereocenters. The van der Waals surface area contributed by atoms with Gasteiger partial charge in [-0.05, 0) is 74.4 Å². The molecule has 51 heavy (non-hydrogen) atoms. The summed E-state index contributed by atoms with van der Waals surface area (Å²) in [5.74, 6) is -0.563. The van der Waals surface area contributed by atoms with Crippen molar-refractivity contribution in [1.29, 1.82) is 0 Å². The van der Waals surface area contributed by atoms with E-state index in [1.807, 2.05) is 43.3 Å². The van der Waals surface area contributed by atoms with Crippen LogP contribution >= 0.6 is 0 Å². The second kappa shape index (κ2) is 14.6. The fraction of sp³-hybridized carbons (Fsp3) is 0.405. The number of hydrogen-bond donors (Lipinski definition) is 1. The van der Waals surface area contributed by atoms with E-state index in [2.05, 4.69) is 37.1 Å². The smallest absolute Gasteiger partial charge is 0.350 e. The van der Waals surface area contributed by atoms with E-state index < -0.39 is 23.3 Å². The van der Waals surface area contributed by atoms with Gasteiger partial charge in [-0.2, -0.15) is 10.2 Å². The number of aliphatic hydroxyl groups is 1. The van der Waals surface area contributed by atoms with Gasteiger partial charge in [0.15, 0.2) is 0 Å². The van der Waals surface area contributed by atoms with Crippen molar-refractivity contribution in [2.75, 3.05) is 49.2 Å². The number of ether oxygens (including phenoxy) is 2. The Morgan fingerprint density at radius 3 is 2.22 bits per heavy atom. The maximum absolute atomic E-state index is 15.0. The van der Waals surface area contributed by atoms with Gasteiger partial charge in [-0.25, -0.2) is 32.5 Å². The Balaban J connectivity index is 0.923. The second-order valence-corrected chi connectivity index (χ2v) is 13.3. The monoisotopic (exact) mass is 700 g/mol. The number of hydrogen-bond acceptors (Lipinski definition) is 9. The van der Waals surface area contributed by atoms with Crippen LogP contribution in [0.25, 0.3) is 5.69 Å². The van der Waals surface area contributed by atoms with Gasteiger partial charge < -0.3 is 24.4 Å². The van der Waals surface area contributed by atoms with Crippen LogP contribution in [-0.4, -0.2) is 79.7 Å². The van der Waals surface area contributed by atoms with Crippen LogP contribution in [-0.2, 0) is 16.9 Å². The molecule has 2 aliphatic rings. The zero-order valence-corrected chi connectivity index (χ0v) is 28.7. The molecule has 1 N–H and O–H groups in total. The van der Waals surface area contributed by atoms with E-state index in [4.69, 9.17) is 9.47 Å². The van der Waals surface area contributed by atoms with E-state index in [9.17, 15) is 18.7 Å². The third-order valence-corrected chi connectivity index (χ3v) is 9.96. The van der Waals surface area contributed by atoms with Gasteiger partial charge in [0.1, 0.15) is 42.0 Å². The molecule has 0 radical (unpaired) electrons. The third kappa shape index (κ3) is 7.24. The number of rotatable bonds is 12. The molecular formula is C37H42F2N8O4. The molecule has 4 atom stereocenters. The molecule has 7 rings (SSSR count). The Hall–Kier alpha value is -5.08. The van der Waals surface area contributed by atoms with Gasteiger partial charge in [0.05, 0.1) is 37.6 Å². The lowest BCUT2D eigenvalue weighted by Crippen LogP contribution is -2.46. The number of halogens is 2. The first-order valence-corrected chi connectivity index (χ1v) is 17.3. The van der Waals surface area contributed by atoms with Crippen LogP contribution in [0.4, 0.5) is 20.2 Å². The minimum atomic E-state index is -1.02. The molecule has 12 nitrogen and oxygen atoms in total. The standard InChI is InChI=1S/C37H42F2N8O4/c1-3-35(26(2)48)47-36(49)46(25-42-47)31-7-5-29(6-8-31)43-14-16-44(17-15-43)30-9-11-32(12-10-30)50-20-27-19-37(51-21-27,22-45-24-40-23-41-45)33-13-4-28(38)18-34(33)39/h4-13,18,23-27,35,48H,3,14-17,19-22H2,1-2H3/t26-,27+,35?,37-/m0/s1. The lowest BCUT2D eigenvalue weighted by molar-refractivity contribution is -0.0206. The molecule has 0 bridgehead atoms. The van der Waals surface area contributed by atoms with E-state index in [0.29, 0.717) is 31.6 Å². The maximum atomic E-state index is 15.0. The van der Waals surface area contributed by atoms with E-state index in [1.165, 1.54) is 34.0 Å². The highest BCUT2D eigenvalue weighted by atomic mass is 19.1. The minimum absolute atomic E-state index is 0.0121. The fourth-order valence-electron chi connectivity index (χ4n) is 7.24. The predicted molar refractivity (Wildman–Crippen MR) is 187 cm³/mol. The first kappa shape index (κ1) is 34.4. The Morgan fingerprint density at radius 2 is 1.61 bits per heavy atom. The van der Waals surface area contributed by atoms with E-state index in [-0.39, 0.29) is 24.2 Å². The zero-order valence-electron chi connectivity index (χ0n) is 28.7. The second-order valence-electron chi connectivity index (χ2n) is 13.3. The highest BCUT2D eigenvalue weighted by molar-refractivity contribution is 5.54. The number of piperazine rings is 1. The van der Waals surface area contributed by atoms with Crippen molar-refractivity contribution in [3.05, 3.63) is 113 Å². The van der Waals surface area contributed by atoms with Crippen LogP contribution in [0.1, 0.15) is 38.3 Å². The first-order valence-electron chi connectivity index (χ1n) is 17.3. The predicted octanol–water partition coefficient (Wildman–Crippen LogP) is 4.57. The summed E-state index contributed by atoms with van der Waals surface area (Å²) < 4.78 is 45.6. The van der Waals surface area contributed by atoms with E-state index in [1.54, 1.807) is 17.9 Å². The van der Waals surface area contributed by atoms with Crippen LogP contribution in [0, 0.1) is 17.6 Å². The van der Waals surface area contributed by atoms with Gasteiger partial charge in [0, 0.05) is 55.1 Å². The molecule has 4 heterocycles. The summed E-state index contributed by atoms with van der Waals surface area (Å²) in [5.41, 5.74) is 1.93. The summed E-state index contributed by atoms with van der Waals surface area (Å²) in [7, 11) is 0. The fourth-order valence-corrected chi connectivity index (χ4v) is 7.24. The van der Waals surface area contributed by atoms with Gasteiger partial charge in [0.25, 0.3) is 0 Å². The van der Waals surface area contributed by atoms with Crippen LogP contribution in [0.3, 0.4) is 0 Å². The topological polar surface area (TPSA) is 116 Å². The van der Waals surface area contributed by atoms with Gasteiger partial charge in [-0.3, -0.25) is 0 Å². The largest absolute Gasteiger partial charge is 0.493 e. The number of aliphatic hydroxyl groups excluding tert-OH is 1. The van der Waals surface area contributed by atoms with Crippen molar-refractivity contribution in [1.82, 2.24) is 29.1 Å². The van der Waals surface area contributed by atoms with Gasteiger partial charge in [-0.15, -0.1) is 0 Å². The quantitative estimate of drug-likeness (QED) is 0.200. The zero-order chi connectivity index (χ0) is 35.5. The molecule has 2 aliphatic heterocycles. The Morgan fingerprint density at radius 1 is 0.941 bits per heavy atom. The molecule has 0 amide bonds. The summed E-state index contributed by atoms with van der Waals surface area (Å²) in [6.07, 6.45) is 4.88. The SMILES string of the molecule is CCC([C@H](C)O)n1ncn(-c2ccc(N3CCN(c4ccc(OC[C@@H]5CO[C@@](Cn6cncn6)(c6ccc(F)cc6F)C5)cc4)CC3)cc2)c1=O. The lowest BCUT2D eigenvalue weighted by atomic mass is 9.87. The lowest BCUT2D eigenvalue weighted by Gasteiger charge is -2.37. The summed E-state index contributed by atoms with van der Waals surface area (Å²) in [4.78, 5) is 21.7. The van der Waals surface area contributed by atoms with Crippen LogP contribution in [0.5, 0.6) is 5.75 Å². The normalized spacial score (nSPS) is 20.5. The van der Waals surface area contributed by atoms with Crippen LogP contribution < -0.4 is 20.2 Å². The van der Waals surface area contributed by atoms with E-state index >= 15 is 0 Å². The first-order chi connectivity index (χ1) is 24.7. The van der Waals surface area contributed by atoms with Gasteiger partial charge >= 0.3 is 5.69 Å². The van der Waals surface area contributed by atoms with Crippen molar-refractivity contribution < 1.29 is 23.4 Å². The molecule has 0 spiro atoms. The molecular weight excluding hydrogens is 658 g/mol. The number of nitrogens with zero attached hydrogens (tertiary/aromatic N) is 8. The molecule has 2 fully saturated rings.